The lowest BCUT2D eigenvalue weighted by Crippen LogP contribution is -2.44. The Morgan fingerprint density at radius 3 is 3.00 bits per heavy atom. The number of halogens is 1. The van der Waals surface area contributed by atoms with Gasteiger partial charge in [0.2, 0.25) is 0 Å². The number of aromatic nitrogens is 2. The summed E-state index contributed by atoms with van der Waals surface area (Å²) in [5.74, 6) is 0.0920. The van der Waals surface area contributed by atoms with Crippen LogP contribution in [-0.4, -0.2) is 40.1 Å². The van der Waals surface area contributed by atoms with Crippen LogP contribution in [0.2, 0.25) is 0 Å². The van der Waals surface area contributed by atoms with Crippen LogP contribution in [0.15, 0.2) is 6.20 Å². The lowest BCUT2D eigenvalue weighted by atomic mass is 9.98. The van der Waals surface area contributed by atoms with Crippen molar-refractivity contribution in [2.45, 2.75) is 38.6 Å². The van der Waals surface area contributed by atoms with Gasteiger partial charge in [0.1, 0.15) is 0 Å². The molecule has 6 heteroatoms. The summed E-state index contributed by atoms with van der Waals surface area (Å²) < 4.78 is 0. The van der Waals surface area contributed by atoms with Crippen molar-refractivity contribution in [3.05, 3.63) is 17.5 Å². The Balaban J connectivity index is 0.00000162. The van der Waals surface area contributed by atoms with Gasteiger partial charge in [-0.05, 0) is 39.2 Å². The summed E-state index contributed by atoms with van der Waals surface area (Å²) >= 11 is 0. The number of carbonyl (C=O) groups excluding carboxylic acids is 1. The monoisotopic (exact) mass is 272 g/mol. The number of hydrogen-bond donors (Lipinski definition) is 2. The van der Waals surface area contributed by atoms with Gasteiger partial charge in [-0.25, -0.2) is 0 Å². The average molecular weight is 273 g/mol. The van der Waals surface area contributed by atoms with Gasteiger partial charge in [-0.1, -0.05) is 0 Å². The van der Waals surface area contributed by atoms with Crippen LogP contribution in [-0.2, 0) is 0 Å². The number of nitrogens with zero attached hydrogens (tertiary/aromatic N) is 2. The highest BCUT2D eigenvalue weighted by Crippen LogP contribution is 2.22. The molecule has 1 aromatic heterocycles. The number of aryl methyl sites for hydroxylation is 1. The van der Waals surface area contributed by atoms with Gasteiger partial charge in [0.05, 0.1) is 11.8 Å². The summed E-state index contributed by atoms with van der Waals surface area (Å²) in [4.78, 5) is 14.4. The van der Waals surface area contributed by atoms with E-state index < -0.39 is 0 Å². The Hall–Kier alpha value is -1.07. The zero-order chi connectivity index (χ0) is 12.3. The molecule has 0 saturated carbocycles. The topological polar surface area (TPSA) is 75.0 Å². The molecular formula is C12H21ClN4O. The van der Waals surface area contributed by atoms with Gasteiger partial charge in [0.15, 0.2) is 0 Å². The van der Waals surface area contributed by atoms with Crippen molar-refractivity contribution in [1.29, 1.82) is 0 Å². The molecule has 0 spiro atoms. The van der Waals surface area contributed by atoms with Gasteiger partial charge in [-0.15, -0.1) is 12.4 Å². The number of nitrogens with two attached hydrogens (primary N) is 1. The highest BCUT2D eigenvalue weighted by molar-refractivity contribution is 5.95. The van der Waals surface area contributed by atoms with Crippen molar-refractivity contribution in [2.75, 3.05) is 13.1 Å². The highest BCUT2D eigenvalue weighted by atomic mass is 35.5. The quantitative estimate of drug-likeness (QED) is 0.875. The van der Waals surface area contributed by atoms with E-state index in [0.29, 0.717) is 18.2 Å². The van der Waals surface area contributed by atoms with E-state index in [-0.39, 0.29) is 18.3 Å². The molecule has 3 N–H and O–H groups in total. The molecule has 1 saturated heterocycles. The number of aromatic amines is 1. The maximum absolute atomic E-state index is 12.4. The number of nitrogens with one attached hydrogen (secondary N) is 1. The smallest absolute Gasteiger partial charge is 0.257 e. The molecule has 0 radical (unpaired) electrons. The molecule has 2 rings (SSSR count). The van der Waals surface area contributed by atoms with Gasteiger partial charge in [-0.3, -0.25) is 9.89 Å². The minimum atomic E-state index is 0. The number of likely N-dealkylation sites (tertiary alicyclic amines) is 1. The Kier molecular flexibility index (Phi) is 5.62. The summed E-state index contributed by atoms with van der Waals surface area (Å²) in [6.07, 6.45) is 5.86. The molecule has 1 unspecified atom stereocenters. The second-order valence-corrected chi connectivity index (χ2v) is 4.63. The Bertz CT molecular complexity index is 391. The van der Waals surface area contributed by atoms with Gasteiger partial charge >= 0.3 is 0 Å². The maximum Gasteiger partial charge on any atom is 0.257 e. The molecule has 0 aliphatic carbocycles. The number of piperidine rings is 1. The van der Waals surface area contributed by atoms with Gasteiger partial charge in [0, 0.05) is 18.3 Å². The van der Waals surface area contributed by atoms with Crippen molar-refractivity contribution in [1.82, 2.24) is 15.1 Å². The van der Waals surface area contributed by atoms with Crippen molar-refractivity contribution in [3.8, 4) is 0 Å². The fourth-order valence-electron chi connectivity index (χ4n) is 2.48. The number of rotatable bonds is 3. The van der Waals surface area contributed by atoms with E-state index in [1.807, 2.05) is 11.8 Å². The van der Waals surface area contributed by atoms with E-state index in [1.54, 1.807) is 6.20 Å². The maximum atomic E-state index is 12.4. The third kappa shape index (κ3) is 3.03. The van der Waals surface area contributed by atoms with Crippen molar-refractivity contribution in [3.63, 3.8) is 0 Å². The van der Waals surface area contributed by atoms with E-state index in [9.17, 15) is 4.79 Å². The van der Waals surface area contributed by atoms with Crippen molar-refractivity contribution < 1.29 is 4.79 Å². The van der Waals surface area contributed by atoms with Crippen LogP contribution in [0.3, 0.4) is 0 Å². The fourth-order valence-corrected chi connectivity index (χ4v) is 2.48. The standard InChI is InChI=1S/C12H20N4O.ClH/c1-9-11(8-14-15-9)12(17)16-7-3-2-4-10(16)5-6-13;/h8,10H,2-7,13H2,1H3,(H,14,15);1H. The number of carbonyl (C=O) groups is 1. The third-order valence-electron chi connectivity index (χ3n) is 3.45. The van der Waals surface area contributed by atoms with E-state index in [1.165, 1.54) is 6.42 Å². The van der Waals surface area contributed by atoms with Crippen LogP contribution >= 0.6 is 12.4 Å². The normalized spacial score (nSPS) is 19.4. The van der Waals surface area contributed by atoms with Gasteiger partial charge in [0.25, 0.3) is 5.91 Å². The number of hydrogen-bond acceptors (Lipinski definition) is 3. The number of amides is 1. The van der Waals surface area contributed by atoms with Crippen molar-refractivity contribution in [2.24, 2.45) is 5.73 Å². The van der Waals surface area contributed by atoms with Crippen LogP contribution in [0.5, 0.6) is 0 Å². The average Bonchev–Trinajstić information content (AvgIpc) is 2.76. The molecular weight excluding hydrogens is 252 g/mol. The summed E-state index contributed by atoms with van der Waals surface area (Å²) in [6.45, 7) is 3.36. The molecule has 5 nitrogen and oxygen atoms in total. The van der Waals surface area contributed by atoms with Gasteiger partial charge < -0.3 is 10.6 Å². The Morgan fingerprint density at radius 1 is 1.61 bits per heavy atom. The van der Waals surface area contributed by atoms with E-state index >= 15 is 0 Å². The highest BCUT2D eigenvalue weighted by Gasteiger charge is 2.28. The Morgan fingerprint density at radius 2 is 2.39 bits per heavy atom. The predicted molar refractivity (Wildman–Crippen MR) is 72.9 cm³/mol. The summed E-state index contributed by atoms with van der Waals surface area (Å²) in [6, 6.07) is 0.301. The molecule has 2 heterocycles. The van der Waals surface area contributed by atoms with Crippen LogP contribution < -0.4 is 5.73 Å². The molecule has 1 aliphatic heterocycles. The van der Waals surface area contributed by atoms with Crippen LogP contribution in [0.1, 0.15) is 41.7 Å². The summed E-state index contributed by atoms with van der Waals surface area (Å²) in [5, 5.41) is 6.72. The SMILES string of the molecule is Cc1[nH]ncc1C(=O)N1CCCCC1CCN.Cl. The summed E-state index contributed by atoms with van der Waals surface area (Å²) in [5.41, 5.74) is 7.14. The first kappa shape index (κ1) is 15.0. The first-order valence-corrected chi connectivity index (χ1v) is 6.25. The van der Waals surface area contributed by atoms with Crippen LogP contribution in [0.4, 0.5) is 0 Å². The molecule has 1 fully saturated rings. The minimum Gasteiger partial charge on any atom is -0.336 e. The molecule has 1 atom stereocenters. The van der Waals surface area contributed by atoms with Crippen LogP contribution in [0, 0.1) is 6.92 Å². The largest absolute Gasteiger partial charge is 0.336 e. The van der Waals surface area contributed by atoms with E-state index in [2.05, 4.69) is 10.2 Å². The third-order valence-corrected chi connectivity index (χ3v) is 3.45. The molecule has 102 valence electrons. The first-order valence-electron chi connectivity index (χ1n) is 6.25. The molecule has 18 heavy (non-hydrogen) atoms. The minimum absolute atomic E-state index is 0. The zero-order valence-corrected chi connectivity index (χ0v) is 11.5. The second kappa shape index (κ2) is 6.75. The lowest BCUT2D eigenvalue weighted by molar-refractivity contribution is 0.0604. The molecule has 1 aromatic rings. The fraction of sp³-hybridized carbons (Fsp3) is 0.667. The first-order chi connectivity index (χ1) is 8.24. The molecule has 0 bridgehead atoms. The Labute approximate surface area is 114 Å². The second-order valence-electron chi connectivity index (χ2n) is 4.63. The number of H-pyrrole nitrogens is 1. The van der Waals surface area contributed by atoms with E-state index in [4.69, 9.17) is 5.73 Å². The van der Waals surface area contributed by atoms with Crippen LogP contribution in [0.25, 0.3) is 0 Å². The molecule has 0 aromatic carbocycles. The van der Waals surface area contributed by atoms with E-state index in [0.717, 1.165) is 31.5 Å². The lowest BCUT2D eigenvalue weighted by Gasteiger charge is -2.35. The summed E-state index contributed by atoms with van der Waals surface area (Å²) in [7, 11) is 0. The zero-order valence-electron chi connectivity index (χ0n) is 10.7. The van der Waals surface area contributed by atoms with Gasteiger partial charge in [-0.2, -0.15) is 5.10 Å². The molecule has 1 amide bonds. The van der Waals surface area contributed by atoms with Crippen molar-refractivity contribution >= 4 is 18.3 Å². The molecule has 1 aliphatic rings. The predicted octanol–water partition coefficient (Wildman–Crippen LogP) is 1.48.